The van der Waals surface area contributed by atoms with Crippen LogP contribution in [0, 0.1) is 5.92 Å². The third-order valence-corrected chi connectivity index (χ3v) is 3.87. The van der Waals surface area contributed by atoms with E-state index >= 15 is 0 Å². The zero-order valence-electron chi connectivity index (χ0n) is 13.2. The Bertz CT molecular complexity index is 307. The van der Waals surface area contributed by atoms with E-state index < -0.39 is 6.04 Å². The molecule has 6 heteroatoms. The Hall–Kier alpha value is -0.810. The molecule has 0 bridgehead atoms. The molecule has 0 aliphatic heterocycles. The average Bonchev–Trinajstić information content (AvgIpc) is 2.44. The zero-order chi connectivity index (χ0) is 14.8. The van der Waals surface area contributed by atoms with Gasteiger partial charge in [0.2, 0.25) is 11.8 Å². The molecule has 0 aromatic rings. The van der Waals surface area contributed by atoms with Gasteiger partial charge in [-0.25, -0.2) is 0 Å². The fourth-order valence-corrected chi connectivity index (χ4v) is 2.65. The number of hydrogen-bond donors (Lipinski definition) is 3. The summed E-state index contributed by atoms with van der Waals surface area (Å²) in [6, 6.07) is -0.444. The van der Waals surface area contributed by atoms with E-state index in [1.54, 1.807) is 6.92 Å². The summed E-state index contributed by atoms with van der Waals surface area (Å²) in [6.45, 7) is 3.26. The molecule has 2 amide bonds. The van der Waals surface area contributed by atoms with Crippen molar-refractivity contribution in [3.63, 3.8) is 0 Å². The standard InChI is InChI=1S/C15H29N3O2.ClH/c1-12(15(20)17-10-6-9-16-2)18-14(19)11-13-7-4-3-5-8-13;/h12-13,16H,3-11H2,1-2H3,(H,17,20)(H,18,19);1H. The van der Waals surface area contributed by atoms with Crippen molar-refractivity contribution in [2.24, 2.45) is 5.92 Å². The van der Waals surface area contributed by atoms with Crippen LogP contribution in [-0.2, 0) is 9.59 Å². The highest BCUT2D eigenvalue weighted by atomic mass is 35.5. The van der Waals surface area contributed by atoms with Crippen LogP contribution >= 0.6 is 12.4 Å². The van der Waals surface area contributed by atoms with Crippen LogP contribution in [0.2, 0.25) is 0 Å². The average molecular weight is 320 g/mol. The Labute approximate surface area is 134 Å². The van der Waals surface area contributed by atoms with E-state index in [-0.39, 0.29) is 24.2 Å². The largest absolute Gasteiger partial charge is 0.354 e. The van der Waals surface area contributed by atoms with E-state index in [1.807, 2.05) is 7.05 Å². The number of hydrogen-bond acceptors (Lipinski definition) is 3. The van der Waals surface area contributed by atoms with Crippen molar-refractivity contribution in [3.05, 3.63) is 0 Å². The second-order valence-electron chi connectivity index (χ2n) is 5.75. The minimum atomic E-state index is -0.444. The maximum atomic E-state index is 11.9. The molecule has 3 N–H and O–H groups in total. The topological polar surface area (TPSA) is 70.2 Å². The predicted molar refractivity (Wildman–Crippen MR) is 87.6 cm³/mol. The van der Waals surface area contributed by atoms with Crippen LogP contribution in [0.1, 0.15) is 51.9 Å². The molecular formula is C15H30ClN3O2. The van der Waals surface area contributed by atoms with Gasteiger partial charge >= 0.3 is 0 Å². The molecule has 1 aliphatic carbocycles. The van der Waals surface area contributed by atoms with Gasteiger partial charge in [0.05, 0.1) is 0 Å². The van der Waals surface area contributed by atoms with E-state index in [0.717, 1.165) is 25.8 Å². The number of halogens is 1. The summed E-state index contributed by atoms with van der Waals surface area (Å²) in [5.41, 5.74) is 0. The van der Waals surface area contributed by atoms with Gasteiger partial charge in [-0.1, -0.05) is 19.3 Å². The first-order valence-electron chi connectivity index (χ1n) is 7.85. The number of rotatable bonds is 8. The number of carbonyl (C=O) groups excluding carboxylic acids is 2. The van der Waals surface area contributed by atoms with Crippen LogP contribution in [0.5, 0.6) is 0 Å². The van der Waals surface area contributed by atoms with Crippen molar-refractivity contribution >= 4 is 24.2 Å². The van der Waals surface area contributed by atoms with Gasteiger partial charge in [0, 0.05) is 13.0 Å². The van der Waals surface area contributed by atoms with Crippen LogP contribution in [-0.4, -0.2) is 38.0 Å². The zero-order valence-corrected chi connectivity index (χ0v) is 14.1. The molecule has 0 heterocycles. The smallest absolute Gasteiger partial charge is 0.242 e. The van der Waals surface area contributed by atoms with Crippen LogP contribution < -0.4 is 16.0 Å². The highest BCUT2D eigenvalue weighted by Gasteiger charge is 2.20. The van der Waals surface area contributed by atoms with E-state index in [2.05, 4.69) is 16.0 Å². The summed E-state index contributed by atoms with van der Waals surface area (Å²) < 4.78 is 0. The maximum Gasteiger partial charge on any atom is 0.242 e. The molecule has 1 saturated carbocycles. The molecule has 21 heavy (non-hydrogen) atoms. The van der Waals surface area contributed by atoms with Crippen molar-refractivity contribution in [1.29, 1.82) is 0 Å². The highest BCUT2D eigenvalue weighted by Crippen LogP contribution is 2.26. The molecule has 1 atom stereocenters. The molecule has 0 spiro atoms. The molecule has 5 nitrogen and oxygen atoms in total. The first-order chi connectivity index (χ1) is 9.63. The summed E-state index contributed by atoms with van der Waals surface area (Å²) in [5.74, 6) is 0.419. The molecule has 1 rings (SSSR count). The first kappa shape index (κ1) is 20.2. The Kier molecular flexibility index (Phi) is 11.4. The second-order valence-corrected chi connectivity index (χ2v) is 5.75. The SMILES string of the molecule is CNCCCNC(=O)C(C)NC(=O)CC1CCCCC1.Cl. The van der Waals surface area contributed by atoms with E-state index in [4.69, 9.17) is 0 Å². The van der Waals surface area contributed by atoms with Crippen molar-refractivity contribution in [1.82, 2.24) is 16.0 Å². The Morgan fingerprint density at radius 3 is 2.43 bits per heavy atom. The van der Waals surface area contributed by atoms with Crippen LogP contribution in [0.4, 0.5) is 0 Å². The third-order valence-electron chi connectivity index (χ3n) is 3.87. The second kappa shape index (κ2) is 11.8. The molecule has 124 valence electrons. The van der Waals surface area contributed by atoms with Crippen molar-refractivity contribution in [2.75, 3.05) is 20.1 Å². The van der Waals surface area contributed by atoms with Gasteiger partial charge in [-0.05, 0) is 45.7 Å². The molecule has 1 aliphatic rings. The molecule has 1 fully saturated rings. The lowest BCUT2D eigenvalue weighted by Gasteiger charge is -2.22. The lowest BCUT2D eigenvalue weighted by molar-refractivity contribution is -0.129. The van der Waals surface area contributed by atoms with Crippen LogP contribution in [0.3, 0.4) is 0 Å². The molecule has 0 aromatic carbocycles. The first-order valence-corrected chi connectivity index (χ1v) is 7.85. The fraction of sp³-hybridized carbons (Fsp3) is 0.867. The summed E-state index contributed by atoms with van der Waals surface area (Å²) in [6.07, 6.45) is 7.53. The Balaban J connectivity index is 0.00000400. The van der Waals surface area contributed by atoms with E-state index in [9.17, 15) is 9.59 Å². The third kappa shape index (κ3) is 8.94. The molecular weight excluding hydrogens is 290 g/mol. The molecule has 0 saturated heterocycles. The summed E-state index contributed by atoms with van der Waals surface area (Å²) in [4.78, 5) is 23.7. The summed E-state index contributed by atoms with van der Waals surface area (Å²) >= 11 is 0. The van der Waals surface area contributed by atoms with Gasteiger partial charge < -0.3 is 16.0 Å². The molecule has 0 radical (unpaired) electrons. The van der Waals surface area contributed by atoms with Gasteiger partial charge in [-0.15, -0.1) is 12.4 Å². The predicted octanol–water partition coefficient (Wildman–Crippen LogP) is 1.61. The monoisotopic (exact) mass is 319 g/mol. The van der Waals surface area contributed by atoms with E-state index in [0.29, 0.717) is 18.9 Å². The Morgan fingerprint density at radius 2 is 1.81 bits per heavy atom. The number of amides is 2. The van der Waals surface area contributed by atoms with Crippen molar-refractivity contribution in [3.8, 4) is 0 Å². The van der Waals surface area contributed by atoms with Gasteiger partial charge in [-0.2, -0.15) is 0 Å². The lowest BCUT2D eigenvalue weighted by atomic mass is 9.87. The molecule has 1 unspecified atom stereocenters. The van der Waals surface area contributed by atoms with Gasteiger partial charge in [0.1, 0.15) is 6.04 Å². The van der Waals surface area contributed by atoms with Crippen LogP contribution in [0.25, 0.3) is 0 Å². The lowest BCUT2D eigenvalue weighted by Crippen LogP contribution is -2.45. The highest BCUT2D eigenvalue weighted by molar-refractivity contribution is 5.87. The Morgan fingerprint density at radius 1 is 1.14 bits per heavy atom. The van der Waals surface area contributed by atoms with Crippen molar-refractivity contribution < 1.29 is 9.59 Å². The summed E-state index contributed by atoms with van der Waals surface area (Å²) in [5, 5.41) is 8.66. The van der Waals surface area contributed by atoms with Gasteiger partial charge in [0.15, 0.2) is 0 Å². The van der Waals surface area contributed by atoms with Gasteiger partial charge in [0.25, 0.3) is 0 Å². The maximum absolute atomic E-state index is 11.9. The van der Waals surface area contributed by atoms with Crippen LogP contribution in [0.15, 0.2) is 0 Å². The van der Waals surface area contributed by atoms with Crippen molar-refractivity contribution in [2.45, 2.75) is 57.9 Å². The summed E-state index contributed by atoms with van der Waals surface area (Å²) in [7, 11) is 1.88. The van der Waals surface area contributed by atoms with Gasteiger partial charge in [-0.3, -0.25) is 9.59 Å². The normalized spacial score (nSPS) is 16.7. The quantitative estimate of drug-likeness (QED) is 0.595. The minimum Gasteiger partial charge on any atom is -0.354 e. The molecule has 0 aromatic heterocycles. The fourth-order valence-electron chi connectivity index (χ4n) is 2.65. The van der Waals surface area contributed by atoms with E-state index in [1.165, 1.54) is 19.3 Å². The minimum absolute atomic E-state index is 0. The number of nitrogens with one attached hydrogen (secondary N) is 3. The number of carbonyl (C=O) groups is 2.